The Morgan fingerprint density at radius 2 is 1.85 bits per heavy atom. The summed E-state index contributed by atoms with van der Waals surface area (Å²) in [6, 6.07) is 11.4. The van der Waals surface area contributed by atoms with Gasteiger partial charge in [-0.05, 0) is 81.3 Å². The molecule has 1 unspecified atom stereocenters. The van der Waals surface area contributed by atoms with E-state index < -0.39 is 17.7 Å². The number of nitrogens with zero attached hydrogens (tertiary/aromatic N) is 2. The summed E-state index contributed by atoms with van der Waals surface area (Å²) in [6.45, 7) is 7.69. The normalized spacial score (nSPS) is 17.7. The van der Waals surface area contributed by atoms with E-state index in [0.717, 1.165) is 11.1 Å². The van der Waals surface area contributed by atoms with Gasteiger partial charge >= 0.3 is 0 Å². The molecule has 0 spiro atoms. The van der Waals surface area contributed by atoms with Gasteiger partial charge in [0.25, 0.3) is 11.7 Å². The van der Waals surface area contributed by atoms with Crippen LogP contribution in [0.25, 0.3) is 5.76 Å². The van der Waals surface area contributed by atoms with E-state index in [0.29, 0.717) is 22.8 Å². The molecule has 2 aromatic heterocycles. The van der Waals surface area contributed by atoms with Gasteiger partial charge in [0.05, 0.1) is 11.7 Å². The molecule has 170 valence electrons. The monoisotopic (exact) mass is 446 g/mol. The predicted octanol–water partition coefficient (Wildman–Crippen LogP) is 4.70. The third-order valence-corrected chi connectivity index (χ3v) is 5.48. The number of aliphatic hydroxyl groups excluding tert-OH is 1. The fourth-order valence-electron chi connectivity index (χ4n) is 3.96. The molecule has 0 aliphatic carbocycles. The van der Waals surface area contributed by atoms with Crippen LogP contribution in [0.4, 0.5) is 0 Å². The lowest BCUT2D eigenvalue weighted by molar-refractivity contribution is -0.140. The highest BCUT2D eigenvalue weighted by Gasteiger charge is 2.47. The van der Waals surface area contributed by atoms with Gasteiger partial charge in [0.1, 0.15) is 29.1 Å². The van der Waals surface area contributed by atoms with Crippen molar-refractivity contribution in [1.29, 1.82) is 0 Å². The van der Waals surface area contributed by atoms with Gasteiger partial charge in [-0.1, -0.05) is 0 Å². The van der Waals surface area contributed by atoms with Crippen LogP contribution in [0.1, 0.15) is 48.1 Å². The van der Waals surface area contributed by atoms with Crippen LogP contribution in [0, 0.1) is 13.8 Å². The van der Waals surface area contributed by atoms with Gasteiger partial charge in [0, 0.05) is 24.5 Å². The number of aryl methyl sites for hydroxylation is 2. The molecule has 0 saturated carbocycles. The Morgan fingerprint density at radius 3 is 2.45 bits per heavy atom. The first-order chi connectivity index (χ1) is 15.8. The van der Waals surface area contributed by atoms with Gasteiger partial charge < -0.3 is 19.2 Å². The highest BCUT2D eigenvalue weighted by atomic mass is 16.5. The number of ketones is 1. The van der Waals surface area contributed by atoms with Gasteiger partial charge in [0.2, 0.25) is 0 Å². The molecule has 1 aromatic carbocycles. The van der Waals surface area contributed by atoms with Crippen molar-refractivity contribution in [2.45, 2.75) is 46.4 Å². The van der Waals surface area contributed by atoms with Crippen LogP contribution in [0.15, 0.2) is 64.8 Å². The summed E-state index contributed by atoms with van der Waals surface area (Å²) in [5.74, 6) is 0.0655. The molecule has 1 atom stereocenters. The second-order valence-electron chi connectivity index (χ2n) is 8.38. The number of amides is 1. The summed E-state index contributed by atoms with van der Waals surface area (Å²) < 4.78 is 11.6. The van der Waals surface area contributed by atoms with Crippen LogP contribution in [-0.4, -0.2) is 32.8 Å². The average Bonchev–Trinajstić information content (AvgIpc) is 3.31. The van der Waals surface area contributed by atoms with Crippen LogP contribution in [-0.2, 0) is 16.1 Å². The number of aromatic nitrogens is 1. The zero-order valence-corrected chi connectivity index (χ0v) is 19.0. The molecule has 1 N–H and O–H groups in total. The van der Waals surface area contributed by atoms with Crippen molar-refractivity contribution >= 4 is 17.4 Å². The van der Waals surface area contributed by atoms with E-state index in [1.165, 1.54) is 4.90 Å². The maximum atomic E-state index is 13.1. The number of Topliss-reactive ketones (excluding diaryl/α,β-unsaturated/α-hetero) is 1. The number of carbonyl (C=O) groups is 2. The number of aliphatic hydroxyl groups is 1. The van der Waals surface area contributed by atoms with Crippen molar-refractivity contribution in [1.82, 2.24) is 9.88 Å². The Kier molecular flexibility index (Phi) is 6.05. The third kappa shape index (κ3) is 4.39. The van der Waals surface area contributed by atoms with E-state index in [4.69, 9.17) is 9.15 Å². The molecule has 4 rings (SSSR count). The molecule has 1 aliphatic rings. The van der Waals surface area contributed by atoms with E-state index in [-0.39, 0.29) is 24.0 Å². The molecule has 3 aromatic rings. The minimum atomic E-state index is -0.848. The first-order valence-electron chi connectivity index (χ1n) is 10.8. The summed E-state index contributed by atoms with van der Waals surface area (Å²) in [7, 11) is 0. The minimum Gasteiger partial charge on any atom is -0.507 e. The summed E-state index contributed by atoms with van der Waals surface area (Å²) in [6.07, 6.45) is 3.26. The first-order valence-corrected chi connectivity index (χ1v) is 10.8. The topological polar surface area (TPSA) is 92.9 Å². The largest absolute Gasteiger partial charge is 0.507 e. The molecule has 1 fully saturated rings. The van der Waals surface area contributed by atoms with E-state index in [9.17, 15) is 14.7 Å². The van der Waals surface area contributed by atoms with E-state index in [1.54, 1.807) is 61.8 Å². The number of rotatable bonds is 6. The Bertz CT molecular complexity index is 1230. The van der Waals surface area contributed by atoms with Crippen LogP contribution in [0.5, 0.6) is 5.75 Å². The average molecular weight is 447 g/mol. The lowest BCUT2D eigenvalue weighted by Gasteiger charge is -2.23. The summed E-state index contributed by atoms with van der Waals surface area (Å²) in [4.78, 5) is 31.6. The Balaban J connectivity index is 1.81. The molecule has 3 heterocycles. The highest BCUT2D eigenvalue weighted by molar-refractivity contribution is 6.46. The van der Waals surface area contributed by atoms with Gasteiger partial charge in [-0.2, -0.15) is 0 Å². The first kappa shape index (κ1) is 22.3. The molecule has 33 heavy (non-hydrogen) atoms. The lowest BCUT2D eigenvalue weighted by Crippen LogP contribution is -2.29. The molecule has 1 amide bonds. The number of pyridine rings is 1. The summed E-state index contributed by atoms with van der Waals surface area (Å²) in [5, 5.41) is 11.2. The van der Waals surface area contributed by atoms with Gasteiger partial charge in [-0.15, -0.1) is 0 Å². The molecular weight excluding hydrogens is 420 g/mol. The zero-order valence-electron chi connectivity index (χ0n) is 19.0. The Labute approximate surface area is 192 Å². The number of carbonyl (C=O) groups excluding carboxylic acids is 2. The zero-order chi connectivity index (χ0) is 23.7. The second-order valence-corrected chi connectivity index (χ2v) is 8.38. The van der Waals surface area contributed by atoms with E-state index >= 15 is 0 Å². The van der Waals surface area contributed by atoms with E-state index in [2.05, 4.69) is 4.98 Å². The molecule has 1 saturated heterocycles. The number of hydrogen-bond donors (Lipinski definition) is 1. The third-order valence-electron chi connectivity index (χ3n) is 5.48. The quantitative estimate of drug-likeness (QED) is 0.335. The molecule has 0 radical (unpaired) electrons. The summed E-state index contributed by atoms with van der Waals surface area (Å²) >= 11 is 0. The smallest absolute Gasteiger partial charge is 0.296 e. The van der Waals surface area contributed by atoms with E-state index in [1.807, 2.05) is 20.8 Å². The van der Waals surface area contributed by atoms with Crippen LogP contribution in [0.2, 0.25) is 0 Å². The van der Waals surface area contributed by atoms with Crippen molar-refractivity contribution in [3.05, 3.63) is 88.6 Å². The number of ether oxygens (including phenoxy) is 1. The van der Waals surface area contributed by atoms with Gasteiger partial charge in [0.15, 0.2) is 0 Å². The molecule has 7 heteroatoms. The molecule has 1 aliphatic heterocycles. The van der Waals surface area contributed by atoms with Gasteiger partial charge in [-0.25, -0.2) is 0 Å². The van der Waals surface area contributed by atoms with Crippen molar-refractivity contribution in [3.63, 3.8) is 0 Å². The summed E-state index contributed by atoms with van der Waals surface area (Å²) in [5.41, 5.74) is 2.05. The number of hydrogen-bond acceptors (Lipinski definition) is 6. The molecular formula is C26H26N2O5. The number of likely N-dealkylation sites (tertiary alicyclic amines) is 1. The van der Waals surface area contributed by atoms with Crippen molar-refractivity contribution in [3.8, 4) is 5.75 Å². The standard InChI is InChI=1S/C26H26N2O5/c1-15(2)32-20-8-6-19(13-16(20)3)24(29)22-23(21-7-5-17(4)33-21)28(26(31)25(22)30)14-18-9-11-27-12-10-18/h5-13,15,23,29H,14H2,1-4H3/b24-22-. The maximum absolute atomic E-state index is 13.1. The number of benzene rings is 1. The Morgan fingerprint density at radius 1 is 1.12 bits per heavy atom. The SMILES string of the molecule is Cc1ccc(C2/C(=C(/O)c3ccc(OC(C)C)c(C)c3)C(=O)C(=O)N2Cc2ccncc2)o1. The van der Waals surface area contributed by atoms with Crippen LogP contribution in [0.3, 0.4) is 0 Å². The van der Waals surface area contributed by atoms with Crippen molar-refractivity contribution < 1.29 is 23.8 Å². The van der Waals surface area contributed by atoms with Crippen molar-refractivity contribution in [2.24, 2.45) is 0 Å². The number of furan rings is 1. The maximum Gasteiger partial charge on any atom is 0.296 e. The second kappa shape index (κ2) is 8.94. The fraction of sp³-hybridized carbons (Fsp3) is 0.269. The Hall–Kier alpha value is -3.87. The van der Waals surface area contributed by atoms with Crippen LogP contribution < -0.4 is 4.74 Å². The lowest BCUT2D eigenvalue weighted by atomic mass is 9.98. The fourth-order valence-corrected chi connectivity index (χ4v) is 3.96. The molecule has 7 nitrogen and oxygen atoms in total. The van der Waals surface area contributed by atoms with Crippen LogP contribution >= 0.6 is 0 Å². The molecule has 0 bridgehead atoms. The van der Waals surface area contributed by atoms with Gasteiger partial charge in [-0.3, -0.25) is 14.6 Å². The van der Waals surface area contributed by atoms with Crippen molar-refractivity contribution in [2.75, 3.05) is 0 Å². The minimum absolute atomic E-state index is 0.000309. The predicted molar refractivity (Wildman–Crippen MR) is 122 cm³/mol. The highest BCUT2D eigenvalue weighted by Crippen LogP contribution is 2.41.